The second-order valence-corrected chi connectivity index (χ2v) is 2.58. The molecule has 0 amide bonds. The highest BCUT2D eigenvalue weighted by Crippen LogP contribution is 2.17. The molecule has 3 nitrogen and oxygen atoms in total. The Hall–Kier alpha value is -0.570. The van der Waals surface area contributed by atoms with Crippen LogP contribution in [0.1, 0.15) is 12.8 Å². The van der Waals surface area contributed by atoms with Crippen molar-refractivity contribution in [1.29, 1.82) is 0 Å². The Morgan fingerprint density at radius 2 is 1.90 bits per heavy atom. The van der Waals surface area contributed by atoms with Gasteiger partial charge in [0.05, 0.1) is 12.8 Å². The lowest BCUT2D eigenvalue weighted by atomic mass is 10.0. The maximum absolute atomic E-state index is 10.5. The highest BCUT2D eigenvalue weighted by atomic mass is 35.5. The SMILES string of the molecule is O=C1CC(CCl)CC(=O)O1. The molecule has 56 valence electrons. The van der Waals surface area contributed by atoms with Crippen LogP contribution < -0.4 is 0 Å². The smallest absolute Gasteiger partial charge is 0.313 e. The van der Waals surface area contributed by atoms with Gasteiger partial charge >= 0.3 is 11.9 Å². The third-order valence-electron chi connectivity index (χ3n) is 1.36. The van der Waals surface area contributed by atoms with E-state index in [0.29, 0.717) is 5.88 Å². The summed E-state index contributed by atoms with van der Waals surface area (Å²) in [6.45, 7) is 0. The summed E-state index contributed by atoms with van der Waals surface area (Å²) in [4.78, 5) is 21.1. The maximum atomic E-state index is 10.5. The quantitative estimate of drug-likeness (QED) is 0.324. The molecule has 0 N–H and O–H groups in total. The standard InChI is InChI=1S/C6H7ClO3/c7-3-4-1-5(8)10-6(9)2-4/h4H,1-3H2. The van der Waals surface area contributed by atoms with E-state index < -0.39 is 11.9 Å². The van der Waals surface area contributed by atoms with Crippen LogP contribution in [-0.4, -0.2) is 17.8 Å². The van der Waals surface area contributed by atoms with E-state index in [4.69, 9.17) is 11.6 Å². The van der Waals surface area contributed by atoms with Crippen molar-refractivity contribution in [2.24, 2.45) is 5.92 Å². The van der Waals surface area contributed by atoms with Gasteiger partial charge in [0.25, 0.3) is 0 Å². The Bertz CT molecular complexity index is 150. The van der Waals surface area contributed by atoms with Gasteiger partial charge in [-0.1, -0.05) is 0 Å². The average molecular weight is 163 g/mol. The van der Waals surface area contributed by atoms with E-state index in [1.807, 2.05) is 0 Å². The van der Waals surface area contributed by atoms with Crippen molar-refractivity contribution in [3.8, 4) is 0 Å². The fraction of sp³-hybridized carbons (Fsp3) is 0.667. The minimum atomic E-state index is -0.457. The van der Waals surface area contributed by atoms with Gasteiger partial charge in [0, 0.05) is 5.88 Å². The molecule has 4 heteroatoms. The number of hydrogen-bond donors (Lipinski definition) is 0. The first-order chi connectivity index (χ1) is 4.72. The van der Waals surface area contributed by atoms with Crippen molar-refractivity contribution in [3.63, 3.8) is 0 Å². The molecular formula is C6H7ClO3. The molecule has 1 heterocycles. The van der Waals surface area contributed by atoms with Gasteiger partial charge in [-0.25, -0.2) is 0 Å². The zero-order chi connectivity index (χ0) is 7.56. The van der Waals surface area contributed by atoms with Crippen molar-refractivity contribution in [2.45, 2.75) is 12.8 Å². The molecule has 1 rings (SSSR count). The highest BCUT2D eigenvalue weighted by Gasteiger charge is 2.25. The number of ether oxygens (including phenoxy) is 1. The average Bonchev–Trinajstić information content (AvgIpc) is 1.85. The molecule has 0 saturated carbocycles. The summed E-state index contributed by atoms with van der Waals surface area (Å²) in [5, 5.41) is 0. The molecule has 0 aromatic carbocycles. The van der Waals surface area contributed by atoms with Crippen LogP contribution >= 0.6 is 11.6 Å². The predicted molar refractivity (Wildman–Crippen MR) is 34.5 cm³/mol. The summed E-state index contributed by atoms with van der Waals surface area (Å²) < 4.78 is 4.28. The zero-order valence-electron chi connectivity index (χ0n) is 5.30. The largest absolute Gasteiger partial charge is 0.393 e. The van der Waals surface area contributed by atoms with Crippen molar-refractivity contribution in [2.75, 3.05) is 5.88 Å². The molecule has 1 aliphatic heterocycles. The van der Waals surface area contributed by atoms with Crippen LogP contribution in [-0.2, 0) is 14.3 Å². The number of alkyl halides is 1. The van der Waals surface area contributed by atoms with E-state index in [-0.39, 0.29) is 18.8 Å². The number of esters is 2. The summed E-state index contributed by atoms with van der Waals surface area (Å²) in [5.74, 6) is -0.583. The topological polar surface area (TPSA) is 43.4 Å². The van der Waals surface area contributed by atoms with E-state index in [0.717, 1.165) is 0 Å². The number of hydrogen-bond acceptors (Lipinski definition) is 3. The Balaban J connectivity index is 2.50. The Labute approximate surface area is 63.3 Å². The molecule has 10 heavy (non-hydrogen) atoms. The molecular weight excluding hydrogens is 156 g/mol. The van der Waals surface area contributed by atoms with E-state index in [9.17, 15) is 9.59 Å². The lowest BCUT2D eigenvalue weighted by Crippen LogP contribution is -2.26. The van der Waals surface area contributed by atoms with Crippen molar-refractivity contribution >= 4 is 23.5 Å². The normalized spacial score (nSPS) is 20.9. The summed E-state index contributed by atoms with van der Waals surface area (Å²) >= 11 is 5.45. The monoisotopic (exact) mass is 162 g/mol. The minimum absolute atomic E-state index is 0.0181. The first-order valence-corrected chi connectivity index (χ1v) is 3.55. The fourth-order valence-electron chi connectivity index (χ4n) is 0.863. The highest BCUT2D eigenvalue weighted by molar-refractivity contribution is 6.18. The Morgan fingerprint density at radius 1 is 1.40 bits per heavy atom. The Kier molecular flexibility index (Phi) is 2.27. The van der Waals surface area contributed by atoms with Gasteiger partial charge in [0.1, 0.15) is 0 Å². The van der Waals surface area contributed by atoms with Crippen LogP contribution in [0.25, 0.3) is 0 Å². The molecule has 1 aliphatic rings. The molecule has 0 aliphatic carbocycles. The van der Waals surface area contributed by atoms with E-state index in [1.54, 1.807) is 0 Å². The number of rotatable bonds is 1. The number of carbonyl (C=O) groups excluding carboxylic acids is 2. The van der Waals surface area contributed by atoms with Crippen LogP contribution in [0.5, 0.6) is 0 Å². The summed E-state index contributed by atoms with van der Waals surface area (Å²) in [6, 6.07) is 0. The third kappa shape index (κ3) is 1.70. The van der Waals surface area contributed by atoms with Gasteiger partial charge in [0.15, 0.2) is 0 Å². The van der Waals surface area contributed by atoms with E-state index in [1.165, 1.54) is 0 Å². The van der Waals surface area contributed by atoms with E-state index in [2.05, 4.69) is 4.74 Å². The molecule has 1 fully saturated rings. The van der Waals surface area contributed by atoms with Gasteiger partial charge < -0.3 is 4.74 Å². The van der Waals surface area contributed by atoms with Gasteiger partial charge in [0.2, 0.25) is 0 Å². The second kappa shape index (κ2) is 3.01. The van der Waals surface area contributed by atoms with Crippen LogP contribution in [0.2, 0.25) is 0 Å². The zero-order valence-corrected chi connectivity index (χ0v) is 6.06. The van der Waals surface area contributed by atoms with Gasteiger partial charge in [-0.15, -0.1) is 11.6 Å². The Morgan fingerprint density at radius 3 is 2.30 bits per heavy atom. The molecule has 0 spiro atoms. The minimum Gasteiger partial charge on any atom is -0.393 e. The summed E-state index contributed by atoms with van der Waals surface area (Å²) in [7, 11) is 0. The molecule has 0 unspecified atom stereocenters. The fourth-order valence-corrected chi connectivity index (χ4v) is 1.08. The second-order valence-electron chi connectivity index (χ2n) is 2.27. The van der Waals surface area contributed by atoms with Crippen LogP contribution in [0.3, 0.4) is 0 Å². The van der Waals surface area contributed by atoms with Crippen molar-refractivity contribution < 1.29 is 14.3 Å². The van der Waals surface area contributed by atoms with Gasteiger partial charge in [-0.3, -0.25) is 9.59 Å². The summed E-state index contributed by atoms with van der Waals surface area (Å²) in [5.41, 5.74) is 0. The van der Waals surface area contributed by atoms with E-state index >= 15 is 0 Å². The van der Waals surface area contributed by atoms with Crippen molar-refractivity contribution in [3.05, 3.63) is 0 Å². The molecule has 1 saturated heterocycles. The van der Waals surface area contributed by atoms with Crippen LogP contribution in [0.15, 0.2) is 0 Å². The molecule has 0 aromatic rings. The summed E-state index contributed by atoms with van der Waals surface area (Å²) in [6.07, 6.45) is 0.546. The third-order valence-corrected chi connectivity index (χ3v) is 1.79. The molecule has 0 radical (unpaired) electrons. The van der Waals surface area contributed by atoms with Crippen LogP contribution in [0, 0.1) is 5.92 Å². The number of carbonyl (C=O) groups is 2. The molecule has 0 atom stereocenters. The number of cyclic esters (lactones) is 2. The maximum Gasteiger partial charge on any atom is 0.313 e. The van der Waals surface area contributed by atoms with Gasteiger partial charge in [-0.2, -0.15) is 0 Å². The molecule has 0 aromatic heterocycles. The molecule has 0 bridgehead atoms. The predicted octanol–water partition coefficient (Wildman–Crippen LogP) is 0.705. The lowest BCUT2D eigenvalue weighted by Gasteiger charge is -2.16. The first kappa shape index (κ1) is 7.54. The lowest BCUT2D eigenvalue weighted by molar-refractivity contribution is -0.165. The van der Waals surface area contributed by atoms with Gasteiger partial charge in [-0.05, 0) is 5.92 Å². The van der Waals surface area contributed by atoms with Crippen LogP contribution in [0.4, 0.5) is 0 Å². The number of halogens is 1. The first-order valence-electron chi connectivity index (χ1n) is 3.02. The van der Waals surface area contributed by atoms with Crippen molar-refractivity contribution in [1.82, 2.24) is 0 Å².